The lowest BCUT2D eigenvalue weighted by Gasteiger charge is -2.30. The zero-order chi connectivity index (χ0) is 36.3. The number of hydrogen-bond acceptors (Lipinski definition) is 2. The van der Waals surface area contributed by atoms with Gasteiger partial charge in [0.1, 0.15) is 11.2 Å². The predicted octanol–water partition coefficient (Wildman–Crippen LogP) is 14.4. The number of aryl methyl sites for hydroxylation is 3. The van der Waals surface area contributed by atoms with Gasteiger partial charge >= 0.3 is 0 Å². The highest BCUT2D eigenvalue weighted by atomic mass is 16.3. The summed E-state index contributed by atoms with van der Waals surface area (Å²) in [6.07, 6.45) is 0. The lowest BCUT2D eigenvalue weighted by molar-refractivity contribution is 0.670. The van der Waals surface area contributed by atoms with Gasteiger partial charge in [-0.25, -0.2) is 0 Å². The highest BCUT2D eigenvalue weighted by Gasteiger charge is 2.25. The van der Waals surface area contributed by atoms with E-state index in [0.717, 1.165) is 55.8 Å². The molecule has 0 spiro atoms. The van der Waals surface area contributed by atoms with E-state index < -0.39 is 0 Å². The monoisotopic (exact) mass is 694 g/mol. The maximum Gasteiger partial charge on any atom is 0.145 e. The Balaban J connectivity index is 1.21. The summed E-state index contributed by atoms with van der Waals surface area (Å²) >= 11 is 0. The molecule has 8 aromatic carbocycles. The molecule has 258 valence electrons. The molecule has 0 amide bonds. The Labute approximate surface area is 315 Å². The molecule has 2 aromatic heterocycles. The smallest absolute Gasteiger partial charge is 0.145 e. The number of nitrogens with zero attached hydrogens (tertiary/aromatic N) is 2. The van der Waals surface area contributed by atoms with Crippen LogP contribution in [0.2, 0.25) is 0 Å². The van der Waals surface area contributed by atoms with E-state index in [1.807, 2.05) is 0 Å². The van der Waals surface area contributed by atoms with Crippen molar-refractivity contribution in [1.29, 1.82) is 0 Å². The first-order chi connectivity index (χ1) is 26.5. The van der Waals surface area contributed by atoms with E-state index in [1.165, 1.54) is 49.6 Å². The number of aromatic nitrogens is 1. The summed E-state index contributed by atoms with van der Waals surface area (Å²) in [5.74, 6) is 0. The van der Waals surface area contributed by atoms with E-state index in [2.05, 4.69) is 206 Å². The van der Waals surface area contributed by atoms with Crippen LogP contribution in [-0.2, 0) is 0 Å². The molecule has 10 aromatic rings. The van der Waals surface area contributed by atoms with Crippen LogP contribution in [-0.4, -0.2) is 4.57 Å². The van der Waals surface area contributed by atoms with Crippen LogP contribution in [0.3, 0.4) is 0 Å². The molecule has 0 aliphatic heterocycles. The number of anilines is 3. The second kappa shape index (κ2) is 12.7. The van der Waals surface area contributed by atoms with Gasteiger partial charge in [-0.05, 0) is 115 Å². The molecule has 3 heteroatoms. The Kier molecular flexibility index (Phi) is 7.48. The van der Waals surface area contributed by atoms with Gasteiger partial charge in [-0.1, -0.05) is 115 Å². The fourth-order valence-corrected chi connectivity index (χ4v) is 8.41. The Bertz CT molecular complexity index is 2980. The standard InChI is InChI=1S/C51H38N2O/c1-33-16-7-11-24-44(33)53(48-31-34(2)43(30-35(48)3)36-17-5-4-6-18-36)47-29-28-39(51-50(47)42-23-10-14-27-49(42)54-51)37-19-15-20-38(32-37)52-45-25-12-8-21-40(45)41-22-9-13-26-46(41)52/h4-32H,1-3H3. The lowest BCUT2D eigenvalue weighted by atomic mass is 9.95. The maximum atomic E-state index is 6.90. The van der Waals surface area contributed by atoms with Crippen LogP contribution >= 0.6 is 0 Å². The minimum atomic E-state index is 0.872. The molecule has 0 saturated carbocycles. The quantitative estimate of drug-likeness (QED) is 0.173. The van der Waals surface area contributed by atoms with Gasteiger partial charge in [0.25, 0.3) is 0 Å². The normalized spacial score (nSPS) is 11.6. The van der Waals surface area contributed by atoms with Gasteiger partial charge in [0.05, 0.1) is 22.1 Å². The summed E-state index contributed by atoms with van der Waals surface area (Å²) in [6, 6.07) is 63.2. The molecule has 0 aliphatic carbocycles. The van der Waals surface area contributed by atoms with Crippen LogP contribution in [0.25, 0.3) is 71.7 Å². The van der Waals surface area contributed by atoms with Gasteiger partial charge < -0.3 is 13.9 Å². The summed E-state index contributed by atoms with van der Waals surface area (Å²) in [5.41, 5.74) is 16.9. The van der Waals surface area contributed by atoms with E-state index in [-0.39, 0.29) is 0 Å². The molecule has 54 heavy (non-hydrogen) atoms. The average molecular weight is 695 g/mol. The molecule has 2 heterocycles. The highest BCUT2D eigenvalue weighted by molar-refractivity contribution is 6.17. The van der Waals surface area contributed by atoms with Gasteiger partial charge in [0.2, 0.25) is 0 Å². The Morgan fingerprint density at radius 2 is 1.07 bits per heavy atom. The molecule has 0 N–H and O–H groups in total. The van der Waals surface area contributed by atoms with Gasteiger partial charge in [-0.15, -0.1) is 0 Å². The van der Waals surface area contributed by atoms with Gasteiger partial charge in [0.15, 0.2) is 0 Å². The topological polar surface area (TPSA) is 21.3 Å². The molecule has 0 atom stereocenters. The van der Waals surface area contributed by atoms with Crippen molar-refractivity contribution < 1.29 is 4.42 Å². The zero-order valence-corrected chi connectivity index (χ0v) is 30.5. The van der Waals surface area contributed by atoms with Crippen LogP contribution in [0.15, 0.2) is 180 Å². The number of rotatable bonds is 6. The number of para-hydroxylation sites is 4. The highest BCUT2D eigenvalue weighted by Crippen LogP contribution is 2.48. The Morgan fingerprint density at radius 3 is 1.83 bits per heavy atom. The van der Waals surface area contributed by atoms with Crippen LogP contribution in [0.1, 0.15) is 16.7 Å². The summed E-state index contributed by atoms with van der Waals surface area (Å²) < 4.78 is 9.28. The second-order valence-electron chi connectivity index (χ2n) is 14.3. The molecule has 0 fully saturated rings. The molecule has 0 radical (unpaired) electrons. The third-order valence-corrected chi connectivity index (χ3v) is 11.0. The van der Waals surface area contributed by atoms with Crippen molar-refractivity contribution in [1.82, 2.24) is 4.57 Å². The van der Waals surface area contributed by atoms with Crippen LogP contribution in [0, 0.1) is 20.8 Å². The zero-order valence-electron chi connectivity index (χ0n) is 30.5. The molecule has 0 aliphatic rings. The van der Waals surface area contributed by atoms with E-state index in [1.54, 1.807) is 0 Å². The molecular weight excluding hydrogens is 657 g/mol. The van der Waals surface area contributed by atoms with E-state index >= 15 is 0 Å². The van der Waals surface area contributed by atoms with E-state index in [0.29, 0.717) is 0 Å². The fraction of sp³-hybridized carbons (Fsp3) is 0.0588. The number of benzene rings is 8. The van der Waals surface area contributed by atoms with Gasteiger partial charge in [-0.2, -0.15) is 0 Å². The Morgan fingerprint density at radius 1 is 0.426 bits per heavy atom. The number of hydrogen-bond donors (Lipinski definition) is 0. The summed E-state index contributed by atoms with van der Waals surface area (Å²) in [4.78, 5) is 2.44. The lowest BCUT2D eigenvalue weighted by Crippen LogP contribution is -2.13. The van der Waals surface area contributed by atoms with Crippen molar-refractivity contribution in [3.05, 3.63) is 193 Å². The first kappa shape index (κ1) is 31.9. The first-order valence-corrected chi connectivity index (χ1v) is 18.6. The average Bonchev–Trinajstić information content (AvgIpc) is 3.77. The van der Waals surface area contributed by atoms with Gasteiger partial charge in [0, 0.05) is 38.8 Å². The Hall–Kier alpha value is -6.84. The van der Waals surface area contributed by atoms with Crippen molar-refractivity contribution in [3.63, 3.8) is 0 Å². The fourth-order valence-electron chi connectivity index (χ4n) is 8.41. The SMILES string of the molecule is Cc1cc(N(c2ccccc2C)c2ccc(-c3cccc(-n4c5ccccc5c5ccccc54)c3)c3oc4ccccc4c23)c(C)cc1-c1ccccc1. The third-order valence-electron chi connectivity index (χ3n) is 11.0. The minimum Gasteiger partial charge on any atom is -0.455 e. The largest absolute Gasteiger partial charge is 0.455 e. The second-order valence-corrected chi connectivity index (χ2v) is 14.3. The summed E-state index contributed by atoms with van der Waals surface area (Å²) in [6.45, 7) is 6.64. The minimum absolute atomic E-state index is 0.872. The molecule has 0 unspecified atom stereocenters. The summed E-state index contributed by atoms with van der Waals surface area (Å²) in [5, 5.41) is 4.69. The van der Waals surface area contributed by atoms with Crippen LogP contribution in [0.5, 0.6) is 0 Å². The van der Waals surface area contributed by atoms with E-state index in [4.69, 9.17) is 4.42 Å². The number of furan rings is 1. The third kappa shape index (κ3) is 5.04. The molecule has 10 rings (SSSR count). The first-order valence-electron chi connectivity index (χ1n) is 18.6. The molecule has 3 nitrogen and oxygen atoms in total. The van der Waals surface area contributed by atoms with Crippen molar-refractivity contribution in [3.8, 4) is 27.9 Å². The molecular formula is C51H38N2O. The van der Waals surface area contributed by atoms with Crippen LogP contribution < -0.4 is 4.90 Å². The predicted molar refractivity (Wildman–Crippen MR) is 228 cm³/mol. The molecule has 0 bridgehead atoms. The van der Waals surface area contributed by atoms with Gasteiger partial charge in [-0.3, -0.25) is 0 Å². The summed E-state index contributed by atoms with van der Waals surface area (Å²) in [7, 11) is 0. The van der Waals surface area contributed by atoms with E-state index in [9.17, 15) is 0 Å². The van der Waals surface area contributed by atoms with Crippen molar-refractivity contribution in [2.45, 2.75) is 20.8 Å². The van der Waals surface area contributed by atoms with Crippen molar-refractivity contribution >= 4 is 60.8 Å². The van der Waals surface area contributed by atoms with Crippen LogP contribution in [0.4, 0.5) is 17.1 Å². The maximum absolute atomic E-state index is 6.90. The molecule has 0 saturated heterocycles. The number of fused-ring (bicyclic) bond motifs is 6. The van der Waals surface area contributed by atoms with Crippen molar-refractivity contribution in [2.24, 2.45) is 0 Å². The van der Waals surface area contributed by atoms with Crippen molar-refractivity contribution in [2.75, 3.05) is 4.90 Å².